The van der Waals surface area contributed by atoms with Crippen molar-refractivity contribution in [1.29, 1.82) is 0 Å². The molecule has 1 aromatic heterocycles. The maximum absolute atomic E-state index is 12.0. The maximum atomic E-state index is 12.0. The van der Waals surface area contributed by atoms with Crippen molar-refractivity contribution < 1.29 is 4.79 Å². The van der Waals surface area contributed by atoms with Crippen LogP contribution in [0, 0.1) is 0 Å². The lowest BCUT2D eigenvalue weighted by Crippen LogP contribution is -2.30. The number of imidazole rings is 1. The van der Waals surface area contributed by atoms with Gasteiger partial charge in [-0.15, -0.1) is 0 Å². The summed E-state index contributed by atoms with van der Waals surface area (Å²) in [5.74, 6) is 0.995. The van der Waals surface area contributed by atoms with E-state index in [4.69, 9.17) is 16.6 Å². The Balaban J connectivity index is 1.59. The topological polar surface area (TPSA) is 59.0 Å². The number of hydrogen-bond acceptors (Lipinski definition) is 2. The first-order valence-electron chi connectivity index (χ1n) is 8.42. The molecule has 0 fully saturated rings. The summed E-state index contributed by atoms with van der Waals surface area (Å²) < 4.78 is 2.23. The molecule has 0 aliphatic carbocycles. The molecule has 2 amide bonds. The number of nitrogens with one attached hydrogen (secondary N) is 2. The first kappa shape index (κ1) is 17.3. The molecule has 2 N–H and O–H groups in total. The third-order valence-electron chi connectivity index (χ3n) is 3.92. The molecule has 25 heavy (non-hydrogen) atoms. The molecule has 6 heteroatoms. The molecule has 0 saturated carbocycles. The quantitative estimate of drug-likeness (QED) is 0.684. The molecule has 0 unspecified atom stereocenters. The fraction of sp³-hybridized carbons (Fsp3) is 0.263. The van der Waals surface area contributed by atoms with Crippen molar-refractivity contribution in [2.75, 3.05) is 11.9 Å². The van der Waals surface area contributed by atoms with Crippen LogP contribution in [-0.2, 0) is 13.0 Å². The Bertz CT molecular complexity index is 857. The molecule has 0 radical (unpaired) electrons. The van der Waals surface area contributed by atoms with Crippen molar-refractivity contribution in [1.82, 2.24) is 14.9 Å². The van der Waals surface area contributed by atoms with Gasteiger partial charge in [0.25, 0.3) is 0 Å². The summed E-state index contributed by atoms with van der Waals surface area (Å²) in [6.45, 7) is 3.59. The van der Waals surface area contributed by atoms with Crippen molar-refractivity contribution in [3.63, 3.8) is 0 Å². The van der Waals surface area contributed by atoms with Crippen LogP contribution in [0.3, 0.4) is 0 Å². The molecule has 0 aliphatic rings. The lowest BCUT2D eigenvalue weighted by atomic mass is 10.3. The van der Waals surface area contributed by atoms with Crippen molar-refractivity contribution >= 4 is 34.4 Å². The average Bonchev–Trinajstić information content (AvgIpc) is 2.95. The molecule has 3 rings (SSSR count). The zero-order chi connectivity index (χ0) is 17.6. The van der Waals surface area contributed by atoms with Gasteiger partial charge in [-0.2, -0.15) is 0 Å². The number of carbonyl (C=O) groups is 1. The molecule has 0 saturated heterocycles. The minimum atomic E-state index is -0.236. The second-order valence-electron chi connectivity index (χ2n) is 5.81. The van der Waals surface area contributed by atoms with Crippen molar-refractivity contribution in [3.05, 3.63) is 59.4 Å². The van der Waals surface area contributed by atoms with Gasteiger partial charge in [0.15, 0.2) is 0 Å². The summed E-state index contributed by atoms with van der Waals surface area (Å²) in [7, 11) is 0. The van der Waals surface area contributed by atoms with E-state index in [0.29, 0.717) is 23.7 Å². The van der Waals surface area contributed by atoms with E-state index in [0.717, 1.165) is 29.8 Å². The Morgan fingerprint density at radius 1 is 1.16 bits per heavy atom. The summed E-state index contributed by atoms with van der Waals surface area (Å²) in [5.41, 5.74) is 2.85. The van der Waals surface area contributed by atoms with Crippen molar-refractivity contribution in [2.24, 2.45) is 0 Å². The Kier molecular flexibility index (Phi) is 5.56. The number of rotatable bonds is 6. The minimum absolute atomic E-state index is 0.236. The first-order valence-corrected chi connectivity index (χ1v) is 8.79. The first-order chi connectivity index (χ1) is 12.2. The van der Waals surface area contributed by atoms with Gasteiger partial charge in [-0.05, 0) is 42.8 Å². The highest BCUT2D eigenvalue weighted by Crippen LogP contribution is 2.17. The van der Waals surface area contributed by atoms with Crippen LogP contribution in [0.15, 0.2) is 48.5 Å². The van der Waals surface area contributed by atoms with E-state index in [1.807, 2.05) is 18.2 Å². The van der Waals surface area contributed by atoms with Gasteiger partial charge in [0.2, 0.25) is 0 Å². The molecule has 0 spiro atoms. The summed E-state index contributed by atoms with van der Waals surface area (Å²) in [4.78, 5) is 16.7. The molecule has 5 nitrogen and oxygen atoms in total. The minimum Gasteiger partial charge on any atom is -0.337 e. The third-order valence-corrected chi connectivity index (χ3v) is 4.17. The average molecular weight is 357 g/mol. The van der Waals surface area contributed by atoms with Gasteiger partial charge in [0.05, 0.1) is 11.0 Å². The Morgan fingerprint density at radius 3 is 2.68 bits per heavy atom. The number of anilines is 1. The van der Waals surface area contributed by atoms with E-state index in [1.54, 1.807) is 24.3 Å². The fourth-order valence-electron chi connectivity index (χ4n) is 2.79. The number of nitrogens with zero attached hydrogens (tertiary/aromatic N) is 2. The van der Waals surface area contributed by atoms with Gasteiger partial charge in [-0.25, -0.2) is 9.78 Å². The highest BCUT2D eigenvalue weighted by molar-refractivity contribution is 6.30. The maximum Gasteiger partial charge on any atom is 0.319 e. The molecule has 1 heterocycles. The number of halogens is 1. The van der Waals surface area contributed by atoms with Gasteiger partial charge in [0, 0.05) is 30.2 Å². The van der Waals surface area contributed by atoms with Crippen molar-refractivity contribution in [3.8, 4) is 0 Å². The molecule has 0 aliphatic heterocycles. The highest BCUT2D eigenvalue weighted by Gasteiger charge is 2.10. The van der Waals surface area contributed by atoms with Crippen LogP contribution in [0.25, 0.3) is 11.0 Å². The van der Waals surface area contributed by atoms with Crippen LogP contribution in [0.4, 0.5) is 10.5 Å². The van der Waals surface area contributed by atoms with Gasteiger partial charge in [-0.1, -0.05) is 30.7 Å². The van der Waals surface area contributed by atoms with Crippen LogP contribution in [0.2, 0.25) is 5.02 Å². The number of carbonyl (C=O) groups excluding carboxylic acids is 1. The van der Waals surface area contributed by atoms with E-state index in [9.17, 15) is 4.79 Å². The highest BCUT2D eigenvalue weighted by atomic mass is 35.5. The molecular formula is C19H21ClN4O. The van der Waals surface area contributed by atoms with E-state index in [-0.39, 0.29) is 6.03 Å². The number of fused-ring (bicyclic) bond motifs is 1. The van der Waals surface area contributed by atoms with Crippen molar-refractivity contribution in [2.45, 2.75) is 26.3 Å². The fourth-order valence-corrected chi connectivity index (χ4v) is 2.91. The molecule has 0 bridgehead atoms. The molecule has 130 valence electrons. The van der Waals surface area contributed by atoms with Gasteiger partial charge in [-0.3, -0.25) is 0 Å². The predicted molar refractivity (Wildman–Crippen MR) is 102 cm³/mol. The van der Waals surface area contributed by atoms with Gasteiger partial charge < -0.3 is 15.2 Å². The zero-order valence-electron chi connectivity index (χ0n) is 14.1. The third kappa shape index (κ3) is 4.31. The number of amides is 2. The number of para-hydroxylation sites is 2. The van der Waals surface area contributed by atoms with Gasteiger partial charge in [0.1, 0.15) is 5.82 Å². The van der Waals surface area contributed by atoms with E-state index in [1.165, 1.54) is 0 Å². The van der Waals surface area contributed by atoms with E-state index in [2.05, 4.69) is 28.2 Å². The smallest absolute Gasteiger partial charge is 0.319 e. The second kappa shape index (κ2) is 8.03. The van der Waals surface area contributed by atoms with Crippen LogP contribution in [0.1, 0.15) is 19.2 Å². The number of benzene rings is 2. The Hall–Kier alpha value is -2.53. The Labute approximate surface area is 152 Å². The number of aryl methyl sites for hydroxylation is 1. The molecular weight excluding hydrogens is 336 g/mol. The summed E-state index contributed by atoms with van der Waals surface area (Å²) in [5, 5.41) is 6.30. The van der Waals surface area contributed by atoms with Gasteiger partial charge >= 0.3 is 6.03 Å². The molecule has 0 atom stereocenters. The predicted octanol–water partition coefficient (Wildman–Crippen LogP) is 4.46. The second-order valence-corrected chi connectivity index (χ2v) is 6.24. The van der Waals surface area contributed by atoms with Crippen LogP contribution in [0.5, 0.6) is 0 Å². The zero-order valence-corrected chi connectivity index (χ0v) is 14.9. The lowest BCUT2D eigenvalue weighted by molar-refractivity contribution is 0.252. The Morgan fingerprint density at radius 2 is 1.92 bits per heavy atom. The number of aromatic nitrogens is 2. The number of urea groups is 1. The van der Waals surface area contributed by atoms with Crippen LogP contribution < -0.4 is 10.6 Å². The van der Waals surface area contributed by atoms with Crippen LogP contribution in [-0.4, -0.2) is 22.1 Å². The summed E-state index contributed by atoms with van der Waals surface area (Å²) in [6.07, 6.45) is 1.72. The lowest BCUT2D eigenvalue weighted by Gasteiger charge is -2.09. The molecule has 3 aromatic rings. The number of hydrogen-bond donors (Lipinski definition) is 2. The molecule has 2 aromatic carbocycles. The largest absolute Gasteiger partial charge is 0.337 e. The van der Waals surface area contributed by atoms with E-state index < -0.39 is 0 Å². The normalized spacial score (nSPS) is 10.8. The van der Waals surface area contributed by atoms with Crippen LogP contribution >= 0.6 is 11.6 Å². The van der Waals surface area contributed by atoms with E-state index >= 15 is 0 Å². The SMILES string of the molecule is CCCn1c(CCNC(=O)Nc2ccc(Cl)cc2)nc2ccccc21. The summed E-state index contributed by atoms with van der Waals surface area (Å²) in [6, 6.07) is 14.9. The monoisotopic (exact) mass is 356 g/mol. The standard InChI is InChI=1S/C19H21ClN4O/c1-2-13-24-17-6-4-3-5-16(17)23-18(24)11-12-21-19(25)22-15-9-7-14(20)8-10-15/h3-10H,2,11-13H2,1H3,(H2,21,22,25). The summed E-state index contributed by atoms with van der Waals surface area (Å²) >= 11 is 5.84.